The summed E-state index contributed by atoms with van der Waals surface area (Å²) in [7, 11) is -3.74. The fraction of sp³-hybridized carbons (Fsp3) is 0.714. The summed E-state index contributed by atoms with van der Waals surface area (Å²) in [6.45, 7) is 4.52. The van der Waals surface area contributed by atoms with Crippen LogP contribution < -0.4 is 4.89 Å². The fourth-order valence-corrected chi connectivity index (χ4v) is 2.31. The molecule has 0 bridgehead atoms. The van der Waals surface area contributed by atoms with Crippen molar-refractivity contribution in [2.24, 2.45) is 0 Å². The van der Waals surface area contributed by atoms with Crippen LogP contribution in [0.15, 0.2) is 0 Å². The summed E-state index contributed by atoms with van der Waals surface area (Å²) in [6.07, 6.45) is 0. The van der Waals surface area contributed by atoms with E-state index >= 15 is 0 Å². The van der Waals surface area contributed by atoms with Crippen molar-refractivity contribution < 1.29 is 18.7 Å². The van der Waals surface area contributed by atoms with E-state index in [1.165, 1.54) is 0 Å². The summed E-state index contributed by atoms with van der Waals surface area (Å²) in [5, 5.41) is 8.52. The van der Waals surface area contributed by atoms with Crippen LogP contribution in [0.3, 0.4) is 0 Å². The Bertz CT molecular complexity index is 297. The van der Waals surface area contributed by atoms with Crippen molar-refractivity contribution in [2.75, 3.05) is 13.2 Å². The van der Waals surface area contributed by atoms with Crippen molar-refractivity contribution in [2.45, 2.75) is 20.8 Å². The number of nitrogens with zero attached hydrogens (tertiary/aromatic N) is 2. The maximum atomic E-state index is 11.8. The van der Waals surface area contributed by atoms with Gasteiger partial charge in [0.1, 0.15) is 0 Å². The van der Waals surface area contributed by atoms with Crippen LogP contribution >= 0.6 is 7.57 Å². The van der Waals surface area contributed by atoms with Crippen LogP contribution in [0.25, 0.3) is 4.98 Å². The van der Waals surface area contributed by atoms with Gasteiger partial charge in [0.25, 0.3) is 0 Å². The molecule has 0 aliphatic rings. The van der Waals surface area contributed by atoms with Crippen LogP contribution in [0.4, 0.5) is 0 Å². The molecule has 7 heteroatoms. The average Bonchev–Trinajstić information content (AvgIpc) is 2.04. The summed E-state index contributed by atoms with van der Waals surface area (Å²) < 4.78 is 9.61. The van der Waals surface area contributed by atoms with Crippen molar-refractivity contribution in [3.05, 3.63) is 4.98 Å². The van der Waals surface area contributed by atoms with Gasteiger partial charge in [-0.3, -0.25) is 4.79 Å². The molecule has 0 spiro atoms. The molecule has 0 N–H and O–H groups in total. The highest BCUT2D eigenvalue weighted by Gasteiger charge is 2.29. The van der Waals surface area contributed by atoms with Gasteiger partial charge in [0.2, 0.25) is 11.2 Å². The van der Waals surface area contributed by atoms with Crippen LogP contribution in [0, 0.1) is 5.39 Å². The van der Waals surface area contributed by atoms with E-state index in [0.717, 1.165) is 6.92 Å². The predicted molar refractivity (Wildman–Crippen MR) is 50.9 cm³/mol. The van der Waals surface area contributed by atoms with Gasteiger partial charge in [0.15, 0.2) is 12.5 Å². The number of diazo groups is 1. The topological polar surface area (TPSA) is 86.7 Å². The zero-order chi connectivity index (χ0) is 11.2. The lowest BCUT2D eigenvalue weighted by atomic mass is 10.7. The summed E-state index contributed by atoms with van der Waals surface area (Å²) >= 11 is 0. The Balaban J connectivity index is 5.31. The molecule has 0 saturated carbocycles. The van der Waals surface area contributed by atoms with Gasteiger partial charge in [-0.2, -0.15) is 0 Å². The number of carbonyl (C=O) groups excluding carboxylic acids is 1. The molecule has 0 aromatic heterocycles. The first kappa shape index (κ1) is 13.3. The third-order valence-electron chi connectivity index (χ3n) is 1.27. The number of ketones is 1. The van der Waals surface area contributed by atoms with Gasteiger partial charge in [-0.05, 0) is 13.8 Å². The van der Waals surface area contributed by atoms with Crippen molar-refractivity contribution in [3.63, 3.8) is 0 Å². The number of hydrogen-bond donors (Lipinski definition) is 0. The molecule has 0 aromatic carbocycles. The molecule has 0 aliphatic heterocycles. The highest BCUT2D eigenvalue weighted by molar-refractivity contribution is 7.62. The normalized spacial score (nSPS) is 10.8. The Morgan fingerprint density at radius 2 is 1.86 bits per heavy atom. The molecule has 6 nitrogen and oxygen atoms in total. The Labute approximate surface area is 82.7 Å². The zero-order valence-corrected chi connectivity index (χ0v) is 9.28. The van der Waals surface area contributed by atoms with E-state index in [-0.39, 0.29) is 13.2 Å². The van der Waals surface area contributed by atoms with Crippen molar-refractivity contribution >= 4 is 18.8 Å². The van der Waals surface area contributed by atoms with Gasteiger partial charge < -0.3 is 13.9 Å². The first-order chi connectivity index (χ1) is 6.51. The molecule has 0 aromatic rings. The average molecular weight is 221 g/mol. The lowest BCUT2D eigenvalue weighted by molar-refractivity contribution is -0.207. The molecule has 0 fully saturated rings. The minimum Gasteiger partial charge on any atom is -0.782 e. The molecule has 80 valence electrons. The van der Waals surface area contributed by atoms with E-state index in [4.69, 9.17) is 14.4 Å². The van der Waals surface area contributed by atoms with Crippen LogP contribution in [0.1, 0.15) is 20.8 Å². The lowest BCUT2D eigenvalue weighted by Crippen LogP contribution is -2.20. The fourth-order valence-electron chi connectivity index (χ4n) is 0.817. The summed E-state index contributed by atoms with van der Waals surface area (Å²) in [5.41, 5.74) is -0.568. The second-order valence-corrected chi connectivity index (χ2v) is 4.25. The van der Waals surface area contributed by atoms with Crippen LogP contribution in [-0.4, -0.2) is 24.4 Å². The molecule has 0 atom stereocenters. The Morgan fingerprint density at radius 3 is 2.07 bits per heavy atom. The third kappa shape index (κ3) is 3.20. The van der Waals surface area contributed by atoms with E-state index in [1.54, 1.807) is 13.8 Å². The molecular formula is C7H13N2O4P. The minimum absolute atomic E-state index is 0.101. The number of Topliss-reactive ketones (excluding diaryl/α,β-unsaturated/α-hetero) is 1. The zero-order valence-electron chi connectivity index (χ0n) is 8.39. The summed E-state index contributed by atoms with van der Waals surface area (Å²) in [5.74, 6) is -0.641. The Morgan fingerprint density at radius 1 is 1.43 bits per heavy atom. The highest BCUT2D eigenvalue weighted by atomic mass is 31.2. The molecule has 0 amide bonds. The van der Waals surface area contributed by atoms with E-state index in [1.807, 2.05) is 0 Å². The number of hydrogen-bond acceptors (Lipinski definition) is 5. The van der Waals surface area contributed by atoms with Gasteiger partial charge in [-0.15, -0.1) is 0 Å². The van der Waals surface area contributed by atoms with Gasteiger partial charge in [-0.1, -0.05) is 0 Å². The summed E-state index contributed by atoms with van der Waals surface area (Å²) in [6, 6.07) is 0. The first-order valence-corrected chi connectivity index (χ1v) is 5.68. The van der Waals surface area contributed by atoms with Gasteiger partial charge >= 0.3 is 5.42 Å². The minimum atomic E-state index is -3.74. The SMILES string of the molecule is CCOP([O-])(OCC)=[13C]([N+]#N)C(C)=O. The van der Waals surface area contributed by atoms with E-state index in [9.17, 15) is 9.69 Å². The molecule has 0 radical (unpaired) electrons. The molecular weight excluding hydrogens is 208 g/mol. The molecule has 0 unspecified atom stereocenters. The largest absolute Gasteiger partial charge is 0.782 e. The molecule has 14 heavy (non-hydrogen) atoms. The van der Waals surface area contributed by atoms with Gasteiger partial charge in [0, 0.05) is 20.1 Å². The Kier molecular flexibility index (Phi) is 5.58. The van der Waals surface area contributed by atoms with Gasteiger partial charge in [-0.25, -0.2) is 0 Å². The second kappa shape index (κ2) is 5.89. The van der Waals surface area contributed by atoms with Crippen LogP contribution in [0.2, 0.25) is 0 Å². The Hall–Kier alpha value is -0.730. The summed E-state index contributed by atoms with van der Waals surface area (Å²) in [4.78, 5) is 25.4. The van der Waals surface area contributed by atoms with Crippen LogP contribution in [0.5, 0.6) is 0 Å². The number of carbonyl (C=O) groups is 1. The molecule has 0 rings (SSSR count). The quantitative estimate of drug-likeness (QED) is 0.388. The van der Waals surface area contributed by atoms with Crippen molar-refractivity contribution in [1.82, 2.24) is 0 Å². The van der Waals surface area contributed by atoms with E-state index in [0.29, 0.717) is 0 Å². The predicted octanol–water partition coefficient (Wildman–Crippen LogP) is 0.754. The van der Waals surface area contributed by atoms with Crippen LogP contribution in [-0.2, 0) is 13.8 Å². The second-order valence-electron chi connectivity index (χ2n) is 2.31. The van der Waals surface area contributed by atoms with Crippen molar-refractivity contribution in [3.8, 4) is 0 Å². The smallest absolute Gasteiger partial charge is 0.453 e. The molecule has 0 saturated heterocycles. The first-order valence-electron chi connectivity index (χ1n) is 4.14. The van der Waals surface area contributed by atoms with Crippen molar-refractivity contribution in [1.29, 1.82) is 5.39 Å². The maximum absolute atomic E-state index is 11.8. The van der Waals surface area contributed by atoms with Gasteiger partial charge in [0.05, 0.1) is 0 Å². The highest BCUT2D eigenvalue weighted by Crippen LogP contribution is 2.42. The molecule has 0 heterocycles. The molecule has 0 aliphatic carbocycles. The monoisotopic (exact) mass is 221 g/mol. The third-order valence-corrected chi connectivity index (χ3v) is 3.39. The van der Waals surface area contributed by atoms with E-state index in [2.05, 4.69) is 4.98 Å². The number of rotatable bonds is 5. The lowest BCUT2D eigenvalue weighted by Gasteiger charge is -2.26. The van der Waals surface area contributed by atoms with E-state index < -0.39 is 18.8 Å². The maximum Gasteiger partial charge on any atom is 0.453 e. The standard InChI is InChI=1S/C7H13N2O4P/c1-4-12-14(11,13-5-2)7(9-8)6(3)10/h4-5H2,1-3H3/i7+1.